The molecule has 34 heavy (non-hydrogen) atoms. The molecule has 0 aromatic heterocycles. The fourth-order valence-corrected chi connectivity index (χ4v) is 6.41. The number of rotatable bonds is 6. The van der Waals surface area contributed by atoms with Crippen LogP contribution in [0.3, 0.4) is 0 Å². The molecule has 0 atom stereocenters. The molecule has 2 saturated carbocycles. The predicted molar refractivity (Wildman–Crippen MR) is 135 cm³/mol. The number of benzene rings is 2. The molecule has 1 saturated heterocycles. The van der Waals surface area contributed by atoms with Crippen molar-refractivity contribution in [1.82, 2.24) is 9.80 Å². The monoisotopic (exact) mass is 460 g/mol. The molecule has 3 fully saturated rings. The van der Waals surface area contributed by atoms with Crippen molar-refractivity contribution >= 4 is 17.6 Å². The van der Waals surface area contributed by atoms with Gasteiger partial charge in [-0.2, -0.15) is 0 Å². The van der Waals surface area contributed by atoms with Gasteiger partial charge in [-0.25, -0.2) is 4.79 Å². The Bertz CT molecular complexity index is 1060. The van der Waals surface area contributed by atoms with E-state index >= 15 is 0 Å². The second-order valence-electron chi connectivity index (χ2n) is 10.7. The number of hydrogen-bond donors (Lipinski definition) is 1. The standard InChI is InChI=1S/C28H36N4O2/c1-30(2)28(22-11-4-3-5-12-22)17-15-27(16-18-28)20-31(24-14-7-6-13-23(24)25(29)33)26(34)32(27)19-21-9-8-10-21/h3-7,11-14,21H,8-10,15-20H2,1-2H3,(H2,29,33). The first-order valence-corrected chi connectivity index (χ1v) is 12.6. The van der Waals surface area contributed by atoms with Gasteiger partial charge in [-0.05, 0) is 76.2 Å². The molecule has 0 radical (unpaired) electrons. The van der Waals surface area contributed by atoms with Crippen LogP contribution in [-0.2, 0) is 5.54 Å². The molecule has 3 aliphatic rings. The summed E-state index contributed by atoms with van der Waals surface area (Å²) < 4.78 is 0. The third-order valence-corrected chi connectivity index (χ3v) is 8.79. The number of para-hydroxylation sites is 1. The Morgan fingerprint density at radius 2 is 1.65 bits per heavy atom. The molecular formula is C28H36N4O2. The summed E-state index contributed by atoms with van der Waals surface area (Å²) in [7, 11) is 4.35. The van der Waals surface area contributed by atoms with Crippen molar-refractivity contribution in [2.75, 3.05) is 32.1 Å². The van der Waals surface area contributed by atoms with Crippen LogP contribution in [-0.4, -0.2) is 54.5 Å². The van der Waals surface area contributed by atoms with Crippen molar-refractivity contribution in [1.29, 1.82) is 0 Å². The van der Waals surface area contributed by atoms with Crippen LogP contribution in [0.1, 0.15) is 60.9 Å². The van der Waals surface area contributed by atoms with E-state index in [1.54, 1.807) is 12.1 Å². The number of nitrogens with two attached hydrogens (primary N) is 1. The first-order chi connectivity index (χ1) is 16.4. The van der Waals surface area contributed by atoms with Gasteiger partial charge in [0.2, 0.25) is 0 Å². The number of carbonyl (C=O) groups is 2. The van der Waals surface area contributed by atoms with E-state index in [1.807, 2.05) is 17.0 Å². The molecule has 6 heteroatoms. The van der Waals surface area contributed by atoms with Crippen LogP contribution >= 0.6 is 0 Å². The molecule has 6 nitrogen and oxygen atoms in total. The molecule has 0 bridgehead atoms. The molecule has 5 rings (SSSR count). The molecule has 180 valence electrons. The van der Waals surface area contributed by atoms with Crippen LogP contribution in [0.4, 0.5) is 10.5 Å². The van der Waals surface area contributed by atoms with E-state index in [0.717, 1.165) is 32.2 Å². The number of hydrogen-bond acceptors (Lipinski definition) is 3. The summed E-state index contributed by atoms with van der Waals surface area (Å²) >= 11 is 0. The fraction of sp³-hybridized carbons (Fsp3) is 0.500. The SMILES string of the molecule is CN(C)C1(c2ccccc2)CCC2(CC1)CN(c1ccccc1C(N)=O)C(=O)N2CC1CCC1. The van der Waals surface area contributed by atoms with Crippen LogP contribution in [0.2, 0.25) is 0 Å². The van der Waals surface area contributed by atoms with E-state index in [9.17, 15) is 9.59 Å². The normalized spacial score (nSPS) is 27.4. The minimum absolute atomic E-state index is 0.0256. The highest BCUT2D eigenvalue weighted by Crippen LogP contribution is 2.50. The minimum Gasteiger partial charge on any atom is -0.366 e. The van der Waals surface area contributed by atoms with E-state index in [-0.39, 0.29) is 17.1 Å². The Labute approximate surface area is 202 Å². The molecule has 2 aromatic rings. The van der Waals surface area contributed by atoms with Crippen LogP contribution in [0, 0.1) is 5.92 Å². The summed E-state index contributed by atoms with van der Waals surface area (Å²) in [6.45, 7) is 1.43. The van der Waals surface area contributed by atoms with Gasteiger partial charge in [0.25, 0.3) is 5.91 Å². The lowest BCUT2D eigenvalue weighted by atomic mass is 9.68. The Morgan fingerprint density at radius 1 is 1.00 bits per heavy atom. The van der Waals surface area contributed by atoms with Gasteiger partial charge in [0.1, 0.15) is 0 Å². The third kappa shape index (κ3) is 3.68. The summed E-state index contributed by atoms with van der Waals surface area (Å²) in [6.07, 6.45) is 7.51. The van der Waals surface area contributed by atoms with Gasteiger partial charge in [0.15, 0.2) is 0 Å². The third-order valence-electron chi connectivity index (χ3n) is 8.79. The lowest BCUT2D eigenvalue weighted by molar-refractivity contribution is 0.0172. The van der Waals surface area contributed by atoms with Crippen molar-refractivity contribution in [3.05, 3.63) is 65.7 Å². The fourth-order valence-electron chi connectivity index (χ4n) is 6.41. The second kappa shape index (κ2) is 8.73. The van der Waals surface area contributed by atoms with Crippen molar-refractivity contribution in [2.45, 2.75) is 56.0 Å². The molecule has 2 N–H and O–H groups in total. The summed E-state index contributed by atoms with van der Waals surface area (Å²) in [6, 6.07) is 18.1. The van der Waals surface area contributed by atoms with E-state index in [4.69, 9.17) is 5.73 Å². The molecule has 1 aliphatic heterocycles. The number of urea groups is 1. The average Bonchev–Trinajstić information content (AvgIpc) is 3.08. The van der Waals surface area contributed by atoms with Crippen LogP contribution < -0.4 is 10.6 Å². The molecule has 2 aliphatic carbocycles. The van der Waals surface area contributed by atoms with Gasteiger partial charge in [-0.1, -0.05) is 48.9 Å². The summed E-state index contributed by atoms with van der Waals surface area (Å²) in [5.41, 5.74) is 7.84. The highest BCUT2D eigenvalue weighted by atomic mass is 16.2. The molecule has 1 spiro atoms. The van der Waals surface area contributed by atoms with Gasteiger partial charge in [-0.15, -0.1) is 0 Å². The number of anilines is 1. The Morgan fingerprint density at radius 3 is 2.24 bits per heavy atom. The lowest BCUT2D eigenvalue weighted by Gasteiger charge is -2.51. The summed E-state index contributed by atoms with van der Waals surface area (Å²) in [5.74, 6) is 0.0936. The van der Waals surface area contributed by atoms with Crippen LogP contribution in [0.5, 0.6) is 0 Å². The number of amides is 3. The lowest BCUT2D eigenvalue weighted by Crippen LogP contribution is -2.56. The van der Waals surface area contributed by atoms with Crippen LogP contribution in [0.25, 0.3) is 0 Å². The predicted octanol–water partition coefficient (Wildman–Crippen LogP) is 4.60. The smallest absolute Gasteiger partial charge is 0.325 e. The quantitative estimate of drug-likeness (QED) is 0.685. The second-order valence-corrected chi connectivity index (χ2v) is 10.7. The number of nitrogens with zero attached hydrogens (tertiary/aromatic N) is 3. The van der Waals surface area contributed by atoms with Gasteiger partial charge in [0.05, 0.1) is 23.3 Å². The number of carbonyl (C=O) groups excluding carboxylic acids is 2. The summed E-state index contributed by atoms with van der Waals surface area (Å²) in [5, 5.41) is 0. The zero-order chi connectivity index (χ0) is 23.9. The largest absolute Gasteiger partial charge is 0.366 e. The topological polar surface area (TPSA) is 69.9 Å². The number of primary amides is 1. The van der Waals surface area contributed by atoms with Gasteiger partial charge < -0.3 is 10.6 Å². The maximum Gasteiger partial charge on any atom is 0.325 e. The maximum atomic E-state index is 13.9. The zero-order valence-electron chi connectivity index (χ0n) is 20.4. The first-order valence-electron chi connectivity index (χ1n) is 12.6. The molecular weight excluding hydrogens is 424 g/mol. The van der Waals surface area contributed by atoms with E-state index < -0.39 is 5.91 Å². The average molecular weight is 461 g/mol. The Balaban J connectivity index is 1.48. The Kier molecular flexibility index (Phi) is 5.88. The van der Waals surface area contributed by atoms with Crippen LogP contribution in [0.15, 0.2) is 54.6 Å². The zero-order valence-corrected chi connectivity index (χ0v) is 20.4. The highest BCUT2D eigenvalue weighted by molar-refractivity contribution is 6.05. The van der Waals surface area contributed by atoms with Gasteiger partial charge in [-0.3, -0.25) is 14.6 Å². The van der Waals surface area contributed by atoms with Gasteiger partial charge in [0, 0.05) is 12.1 Å². The van der Waals surface area contributed by atoms with Crippen molar-refractivity contribution in [3.8, 4) is 0 Å². The van der Waals surface area contributed by atoms with Crippen molar-refractivity contribution in [3.63, 3.8) is 0 Å². The molecule has 1 heterocycles. The van der Waals surface area contributed by atoms with Crippen molar-refractivity contribution < 1.29 is 9.59 Å². The van der Waals surface area contributed by atoms with Gasteiger partial charge >= 0.3 is 6.03 Å². The van der Waals surface area contributed by atoms with E-state index in [0.29, 0.717) is 23.7 Å². The first kappa shape index (κ1) is 22.9. The Hall–Kier alpha value is -2.86. The highest BCUT2D eigenvalue weighted by Gasteiger charge is 2.55. The summed E-state index contributed by atoms with van der Waals surface area (Å²) in [4.78, 5) is 32.4. The maximum absolute atomic E-state index is 13.9. The van der Waals surface area contributed by atoms with E-state index in [1.165, 1.54) is 24.8 Å². The van der Waals surface area contributed by atoms with Crippen molar-refractivity contribution in [2.24, 2.45) is 11.7 Å². The minimum atomic E-state index is -0.491. The van der Waals surface area contributed by atoms with E-state index in [2.05, 4.69) is 54.2 Å². The molecule has 0 unspecified atom stereocenters. The molecule has 2 aromatic carbocycles. The molecule has 3 amide bonds.